The molecule has 0 aromatic heterocycles. The molecule has 0 radical (unpaired) electrons. The zero-order valence-corrected chi connectivity index (χ0v) is 19.8. The first-order valence-electron chi connectivity index (χ1n) is 12.0. The van der Waals surface area contributed by atoms with Gasteiger partial charge in [0.25, 0.3) is 0 Å². The topological polar surface area (TPSA) is 95.9 Å². The van der Waals surface area contributed by atoms with Crippen molar-refractivity contribution in [1.29, 1.82) is 0 Å². The van der Waals surface area contributed by atoms with Crippen molar-refractivity contribution in [3.05, 3.63) is 59.7 Å². The van der Waals surface area contributed by atoms with Crippen LogP contribution in [-0.4, -0.2) is 54.7 Å². The van der Waals surface area contributed by atoms with E-state index in [0.29, 0.717) is 32.5 Å². The summed E-state index contributed by atoms with van der Waals surface area (Å²) < 4.78 is 5.54. The highest BCUT2D eigenvalue weighted by Crippen LogP contribution is 2.44. The smallest absolute Gasteiger partial charge is 0.407 e. The van der Waals surface area contributed by atoms with Gasteiger partial charge in [0.2, 0.25) is 5.91 Å². The number of unbranched alkanes of at least 4 members (excludes halogenated alkanes) is 3. The Kier molecular flexibility index (Phi) is 9.50. The molecule has 7 nitrogen and oxygen atoms in total. The summed E-state index contributed by atoms with van der Waals surface area (Å²) >= 11 is 0. The van der Waals surface area contributed by atoms with Gasteiger partial charge in [0.15, 0.2) is 0 Å². The molecule has 1 aliphatic rings. The van der Waals surface area contributed by atoms with Crippen LogP contribution < -0.4 is 5.32 Å². The molecule has 0 aliphatic heterocycles. The molecular formula is C27H34N2O5. The van der Waals surface area contributed by atoms with Crippen LogP contribution in [0.4, 0.5) is 4.79 Å². The lowest BCUT2D eigenvalue weighted by Gasteiger charge is -2.16. The Morgan fingerprint density at radius 1 is 0.882 bits per heavy atom. The van der Waals surface area contributed by atoms with Crippen LogP contribution in [0.1, 0.15) is 62.0 Å². The minimum Gasteiger partial charge on any atom is -0.481 e. The monoisotopic (exact) mass is 466 g/mol. The van der Waals surface area contributed by atoms with Gasteiger partial charge >= 0.3 is 12.1 Å². The number of carbonyl (C=O) groups is 3. The fraction of sp³-hybridized carbons (Fsp3) is 0.444. The molecule has 3 rings (SSSR count). The Labute approximate surface area is 201 Å². The van der Waals surface area contributed by atoms with Gasteiger partial charge in [0.1, 0.15) is 6.61 Å². The summed E-state index contributed by atoms with van der Waals surface area (Å²) in [5, 5.41) is 11.5. The quantitative estimate of drug-likeness (QED) is 0.414. The van der Waals surface area contributed by atoms with Crippen LogP contribution in [0.2, 0.25) is 0 Å². The minimum atomic E-state index is -0.840. The average Bonchev–Trinajstić information content (AvgIpc) is 3.15. The van der Waals surface area contributed by atoms with Crippen LogP contribution in [0.15, 0.2) is 48.5 Å². The van der Waals surface area contributed by atoms with Crippen LogP contribution >= 0.6 is 0 Å². The van der Waals surface area contributed by atoms with Gasteiger partial charge in [-0.05, 0) is 41.5 Å². The summed E-state index contributed by atoms with van der Waals surface area (Å²) in [6, 6.07) is 16.5. The Bertz CT molecular complexity index is 945. The van der Waals surface area contributed by atoms with Crippen molar-refractivity contribution in [3.63, 3.8) is 0 Å². The van der Waals surface area contributed by atoms with Crippen molar-refractivity contribution in [3.8, 4) is 11.1 Å². The number of amides is 2. The van der Waals surface area contributed by atoms with E-state index in [1.807, 2.05) is 24.3 Å². The van der Waals surface area contributed by atoms with E-state index in [-0.39, 0.29) is 18.2 Å². The second kappa shape index (κ2) is 12.8. The van der Waals surface area contributed by atoms with Crippen LogP contribution in [0, 0.1) is 0 Å². The second-order valence-electron chi connectivity index (χ2n) is 8.73. The van der Waals surface area contributed by atoms with E-state index >= 15 is 0 Å². The van der Waals surface area contributed by atoms with E-state index in [9.17, 15) is 14.4 Å². The molecule has 34 heavy (non-hydrogen) atoms. The summed E-state index contributed by atoms with van der Waals surface area (Å²) in [7, 11) is 1.71. The predicted molar refractivity (Wildman–Crippen MR) is 131 cm³/mol. The van der Waals surface area contributed by atoms with Crippen molar-refractivity contribution in [2.75, 3.05) is 26.7 Å². The van der Waals surface area contributed by atoms with E-state index in [2.05, 4.69) is 29.6 Å². The SMILES string of the molecule is CN(CCCC(=O)O)C(=O)CCCCCCNC(=O)OCC1c2ccccc2-c2ccccc21. The molecule has 0 spiro atoms. The molecule has 0 heterocycles. The van der Waals surface area contributed by atoms with E-state index < -0.39 is 12.1 Å². The Morgan fingerprint density at radius 2 is 1.50 bits per heavy atom. The molecule has 0 fully saturated rings. The largest absolute Gasteiger partial charge is 0.481 e. The Hall–Kier alpha value is -3.35. The average molecular weight is 467 g/mol. The second-order valence-corrected chi connectivity index (χ2v) is 8.73. The first-order valence-corrected chi connectivity index (χ1v) is 12.0. The van der Waals surface area contributed by atoms with Gasteiger partial charge in [-0.25, -0.2) is 4.79 Å². The van der Waals surface area contributed by atoms with E-state index in [0.717, 1.165) is 25.7 Å². The lowest BCUT2D eigenvalue weighted by molar-refractivity contribution is -0.138. The first kappa shape index (κ1) is 25.3. The third-order valence-corrected chi connectivity index (χ3v) is 6.24. The molecule has 0 unspecified atom stereocenters. The van der Waals surface area contributed by atoms with E-state index in [1.165, 1.54) is 22.3 Å². The van der Waals surface area contributed by atoms with Crippen LogP contribution in [0.3, 0.4) is 0 Å². The van der Waals surface area contributed by atoms with Crippen molar-refractivity contribution in [2.24, 2.45) is 0 Å². The lowest BCUT2D eigenvalue weighted by atomic mass is 9.98. The molecule has 7 heteroatoms. The Morgan fingerprint density at radius 3 is 2.15 bits per heavy atom. The molecule has 2 amide bonds. The first-order chi connectivity index (χ1) is 16.5. The van der Waals surface area contributed by atoms with E-state index in [4.69, 9.17) is 9.84 Å². The number of rotatable bonds is 13. The number of carboxylic acid groups (broad SMARTS) is 1. The lowest BCUT2D eigenvalue weighted by Crippen LogP contribution is -2.28. The van der Waals surface area contributed by atoms with Crippen LogP contribution in [0.25, 0.3) is 11.1 Å². The van der Waals surface area contributed by atoms with Gasteiger partial charge < -0.3 is 20.1 Å². The minimum absolute atomic E-state index is 0.0437. The normalized spacial score (nSPS) is 12.0. The number of carboxylic acids is 1. The predicted octanol–water partition coefficient (Wildman–Crippen LogP) is 4.80. The van der Waals surface area contributed by atoms with Gasteiger partial charge in [0, 0.05) is 38.9 Å². The fourth-order valence-electron chi connectivity index (χ4n) is 4.38. The van der Waals surface area contributed by atoms with Gasteiger partial charge in [0.05, 0.1) is 0 Å². The van der Waals surface area contributed by atoms with Crippen molar-refractivity contribution >= 4 is 18.0 Å². The van der Waals surface area contributed by atoms with Crippen molar-refractivity contribution < 1.29 is 24.2 Å². The fourth-order valence-corrected chi connectivity index (χ4v) is 4.38. The van der Waals surface area contributed by atoms with Gasteiger partial charge in [-0.1, -0.05) is 61.4 Å². The highest BCUT2D eigenvalue weighted by molar-refractivity contribution is 5.79. The number of hydrogen-bond donors (Lipinski definition) is 2. The maximum absolute atomic E-state index is 12.2. The third kappa shape index (κ3) is 7.07. The third-order valence-electron chi connectivity index (χ3n) is 6.24. The van der Waals surface area contributed by atoms with E-state index in [1.54, 1.807) is 11.9 Å². The molecule has 0 saturated heterocycles. The molecule has 2 aromatic carbocycles. The number of fused-ring (bicyclic) bond motifs is 3. The summed E-state index contributed by atoms with van der Waals surface area (Å²) in [6.07, 6.45) is 4.04. The molecule has 1 aliphatic carbocycles. The highest BCUT2D eigenvalue weighted by Gasteiger charge is 2.28. The van der Waals surface area contributed by atoms with Crippen molar-refractivity contribution in [1.82, 2.24) is 10.2 Å². The number of carbonyl (C=O) groups excluding carboxylic acids is 2. The summed E-state index contributed by atoms with van der Waals surface area (Å²) in [5.41, 5.74) is 4.80. The number of nitrogens with one attached hydrogen (secondary N) is 1. The molecule has 0 atom stereocenters. The molecule has 2 aromatic rings. The summed E-state index contributed by atoms with van der Waals surface area (Å²) in [4.78, 5) is 36.4. The standard InChI is InChI=1S/C27H34N2O5/c1-29(18-10-16-26(31)32)25(30)15-4-2-3-9-17-28-27(33)34-19-24-22-13-7-5-11-20(22)21-12-6-8-14-23(21)24/h5-8,11-14,24H,2-4,9-10,15-19H2,1H3,(H,28,33)(H,31,32). The molecular weight excluding hydrogens is 432 g/mol. The van der Waals surface area contributed by atoms with Crippen LogP contribution in [-0.2, 0) is 14.3 Å². The summed E-state index contributed by atoms with van der Waals surface area (Å²) in [5.74, 6) is -0.743. The number of alkyl carbamates (subject to hydrolysis) is 1. The number of benzene rings is 2. The number of nitrogens with zero attached hydrogens (tertiary/aromatic N) is 1. The van der Waals surface area contributed by atoms with Gasteiger partial charge in [-0.15, -0.1) is 0 Å². The number of ether oxygens (including phenoxy) is 1. The number of aliphatic carboxylic acids is 1. The summed E-state index contributed by atoms with van der Waals surface area (Å²) in [6.45, 7) is 1.32. The highest BCUT2D eigenvalue weighted by atomic mass is 16.5. The molecule has 0 saturated carbocycles. The van der Waals surface area contributed by atoms with Crippen LogP contribution in [0.5, 0.6) is 0 Å². The van der Waals surface area contributed by atoms with Crippen molar-refractivity contribution in [2.45, 2.75) is 50.9 Å². The molecule has 2 N–H and O–H groups in total. The Balaban J connectivity index is 1.28. The van der Waals surface area contributed by atoms with Gasteiger partial charge in [-0.2, -0.15) is 0 Å². The maximum atomic E-state index is 12.2. The zero-order valence-electron chi connectivity index (χ0n) is 19.8. The molecule has 0 bridgehead atoms. The van der Waals surface area contributed by atoms with Gasteiger partial charge in [-0.3, -0.25) is 9.59 Å². The zero-order chi connectivity index (χ0) is 24.3. The molecule has 182 valence electrons. The maximum Gasteiger partial charge on any atom is 0.407 e. The number of hydrogen-bond acceptors (Lipinski definition) is 4.